The molecule has 72 heavy (non-hydrogen) atoms. The molecule has 0 unspecified atom stereocenters. The number of alkyl halides is 3. The van der Waals surface area contributed by atoms with Crippen molar-refractivity contribution >= 4 is 23.1 Å². The molecule has 0 aliphatic carbocycles. The first-order valence-corrected chi connectivity index (χ1v) is 29.8. The number of unbranched alkanes of at least 4 members (excludes halogenated alkanes) is 34. The molecule has 1 heterocycles. The van der Waals surface area contributed by atoms with Gasteiger partial charge in [-0.2, -0.15) is 13.2 Å². The van der Waals surface area contributed by atoms with Crippen LogP contribution in [0, 0.1) is 0 Å². The molecule has 8 atom stereocenters. The van der Waals surface area contributed by atoms with Crippen molar-refractivity contribution in [3.63, 3.8) is 0 Å². The summed E-state index contributed by atoms with van der Waals surface area (Å²) in [6, 6.07) is 4.03. The van der Waals surface area contributed by atoms with E-state index in [2.05, 4.69) is 24.5 Å². The van der Waals surface area contributed by atoms with Crippen molar-refractivity contribution in [2.24, 2.45) is 0 Å². The van der Waals surface area contributed by atoms with E-state index >= 15 is 0 Å². The number of thiocarbonyl (C=S) groups is 1. The van der Waals surface area contributed by atoms with E-state index in [1.807, 2.05) is 0 Å². The second-order valence-corrected chi connectivity index (χ2v) is 21.4. The van der Waals surface area contributed by atoms with Gasteiger partial charge in [0.05, 0.1) is 36.1 Å². The van der Waals surface area contributed by atoms with E-state index in [4.69, 9.17) is 26.4 Å². The van der Waals surface area contributed by atoms with Gasteiger partial charge in [0, 0.05) is 0 Å². The van der Waals surface area contributed by atoms with Crippen LogP contribution in [0.2, 0.25) is 0 Å². The van der Waals surface area contributed by atoms with Gasteiger partial charge < -0.3 is 50.4 Å². The van der Waals surface area contributed by atoms with E-state index in [1.54, 1.807) is 0 Å². The zero-order valence-electron chi connectivity index (χ0n) is 45.2. The number of ether oxygens (including phenoxy) is 3. The second-order valence-electron chi connectivity index (χ2n) is 21.0. The lowest BCUT2D eigenvalue weighted by Crippen LogP contribution is -2.60. The molecule has 2 rings (SSSR count). The van der Waals surface area contributed by atoms with Crippen LogP contribution in [0.25, 0.3) is 0 Å². The summed E-state index contributed by atoms with van der Waals surface area (Å²) in [5.74, 6) is 0. The van der Waals surface area contributed by atoms with Crippen molar-refractivity contribution in [2.45, 2.75) is 307 Å². The van der Waals surface area contributed by atoms with Crippen molar-refractivity contribution in [2.75, 3.05) is 25.1 Å². The number of benzene rings is 1. The minimum Gasteiger partial charge on any atom is -0.468 e. The molecule has 1 fully saturated rings. The molecule has 0 radical (unpaired) electrons. The second kappa shape index (κ2) is 43.5. The minimum absolute atomic E-state index is 0.192. The lowest BCUT2D eigenvalue weighted by Gasteiger charge is -2.40. The van der Waals surface area contributed by atoms with Gasteiger partial charge in [0.1, 0.15) is 31.0 Å². The smallest absolute Gasteiger partial charge is 0.418 e. The van der Waals surface area contributed by atoms with Crippen LogP contribution >= 0.6 is 12.2 Å². The standard InChI is InChI=1S/C58H105F3N2O8S/c1-3-5-7-9-11-13-15-17-18-19-20-21-22-23-24-25-26-27-28-30-32-34-36-40-44-62-49(52(65)50(64)43-37-35-33-31-29-16-14-12-10-8-6-4-2)45-69-56-55(68)54(67)53(66)51(71-56)46-70-57(72)63-48-42-39-38-41-47(48)58(59,60)61/h38-39,41-42,49-56,62,64-68H,3-37,40,43-46H2,1-2H3,(H,63,72)/t49-,50+,51+,52-,53-,54-,55+,56-/m0/s1. The number of aliphatic hydroxyl groups is 5. The number of rotatable bonds is 47. The van der Waals surface area contributed by atoms with Gasteiger partial charge in [-0.15, -0.1) is 0 Å². The van der Waals surface area contributed by atoms with Gasteiger partial charge in [-0.05, 0) is 43.7 Å². The molecule has 1 aromatic rings. The Morgan fingerprint density at radius 2 is 0.986 bits per heavy atom. The van der Waals surface area contributed by atoms with Crippen molar-refractivity contribution in [1.82, 2.24) is 5.32 Å². The van der Waals surface area contributed by atoms with Crippen LogP contribution in [-0.2, 0) is 20.4 Å². The molecule has 1 saturated heterocycles. The van der Waals surface area contributed by atoms with Crippen molar-refractivity contribution < 1.29 is 52.9 Å². The maximum absolute atomic E-state index is 13.5. The van der Waals surface area contributed by atoms with Crippen LogP contribution in [0.3, 0.4) is 0 Å². The maximum Gasteiger partial charge on any atom is 0.418 e. The normalized spacial score (nSPS) is 19.6. The summed E-state index contributed by atoms with van der Waals surface area (Å²) in [5, 5.41) is 60.2. The molecular weight excluding hydrogens is 942 g/mol. The van der Waals surface area contributed by atoms with Gasteiger partial charge in [-0.25, -0.2) is 0 Å². The van der Waals surface area contributed by atoms with Crippen LogP contribution in [0.15, 0.2) is 24.3 Å². The number of nitrogens with one attached hydrogen (secondary N) is 2. The Labute approximate surface area is 441 Å². The summed E-state index contributed by atoms with van der Waals surface area (Å²) in [7, 11) is 0. The van der Waals surface area contributed by atoms with E-state index in [9.17, 15) is 38.7 Å². The van der Waals surface area contributed by atoms with Gasteiger partial charge in [0.15, 0.2) is 6.29 Å². The zero-order valence-corrected chi connectivity index (χ0v) is 46.0. The predicted octanol–water partition coefficient (Wildman–Crippen LogP) is 14.4. The molecule has 1 aliphatic rings. The first-order chi connectivity index (χ1) is 34.9. The third-order valence-electron chi connectivity index (χ3n) is 14.6. The topological polar surface area (TPSA) is 153 Å². The molecule has 422 valence electrons. The monoisotopic (exact) mass is 1050 g/mol. The lowest BCUT2D eigenvalue weighted by molar-refractivity contribution is -0.302. The molecule has 0 spiro atoms. The van der Waals surface area contributed by atoms with Crippen LogP contribution in [0.1, 0.15) is 257 Å². The van der Waals surface area contributed by atoms with E-state index in [0.717, 1.165) is 51.0 Å². The summed E-state index contributed by atoms with van der Waals surface area (Å²) >= 11 is 5.12. The molecule has 10 nitrogen and oxygen atoms in total. The first kappa shape index (κ1) is 66.5. The molecule has 0 aromatic heterocycles. The SMILES string of the molecule is CCCCCCCCCCCCCCCCCCCCCCCCCCN[C@@H](CO[C@H]1O[C@H](COC(=S)Nc2ccccc2C(F)(F)F)[C@H](O)[C@H](O)[C@H]1O)[C@H](O)[C@H](O)CCCCCCCCCCCCCC. The Morgan fingerprint density at radius 1 is 0.583 bits per heavy atom. The summed E-state index contributed by atoms with van der Waals surface area (Å²) < 4.78 is 57.8. The van der Waals surface area contributed by atoms with Crippen LogP contribution in [0.4, 0.5) is 18.9 Å². The summed E-state index contributed by atoms with van der Waals surface area (Å²) in [4.78, 5) is 0. The molecule has 14 heteroatoms. The molecule has 0 saturated carbocycles. The molecule has 7 N–H and O–H groups in total. The molecule has 0 bridgehead atoms. The van der Waals surface area contributed by atoms with Gasteiger partial charge in [0.25, 0.3) is 5.17 Å². The van der Waals surface area contributed by atoms with Crippen molar-refractivity contribution in [3.8, 4) is 0 Å². The third-order valence-corrected chi connectivity index (χ3v) is 14.8. The lowest BCUT2D eigenvalue weighted by atomic mass is 9.98. The summed E-state index contributed by atoms with van der Waals surface area (Å²) in [6.07, 6.45) is 31.8. The van der Waals surface area contributed by atoms with Gasteiger partial charge in [-0.3, -0.25) is 0 Å². The summed E-state index contributed by atoms with van der Waals surface area (Å²) in [5.41, 5.74) is -1.26. The quantitative estimate of drug-likeness (QED) is 0.0247. The fourth-order valence-corrected chi connectivity index (χ4v) is 10.00. The zero-order chi connectivity index (χ0) is 52.5. The number of anilines is 1. The minimum atomic E-state index is -4.64. The van der Waals surface area contributed by atoms with E-state index in [0.29, 0.717) is 13.0 Å². The van der Waals surface area contributed by atoms with E-state index < -0.39 is 72.5 Å². The molecule has 1 aromatic carbocycles. The first-order valence-electron chi connectivity index (χ1n) is 29.4. The van der Waals surface area contributed by atoms with Gasteiger partial charge >= 0.3 is 6.18 Å². The van der Waals surface area contributed by atoms with Crippen molar-refractivity contribution in [3.05, 3.63) is 29.8 Å². The van der Waals surface area contributed by atoms with E-state index in [1.165, 1.54) is 204 Å². The highest BCUT2D eigenvalue weighted by molar-refractivity contribution is 7.80. The Kier molecular flexibility index (Phi) is 40.2. The largest absolute Gasteiger partial charge is 0.468 e. The maximum atomic E-state index is 13.5. The molecular formula is C58H105F3N2O8S. The predicted molar refractivity (Wildman–Crippen MR) is 292 cm³/mol. The van der Waals surface area contributed by atoms with Crippen LogP contribution < -0.4 is 10.6 Å². The Morgan fingerprint density at radius 3 is 1.42 bits per heavy atom. The highest BCUT2D eigenvalue weighted by Gasteiger charge is 2.45. The highest BCUT2D eigenvalue weighted by atomic mass is 32.1. The highest BCUT2D eigenvalue weighted by Crippen LogP contribution is 2.35. The number of aliphatic hydroxyl groups excluding tert-OH is 5. The number of para-hydroxylation sites is 1. The van der Waals surface area contributed by atoms with Crippen LogP contribution in [-0.4, -0.2) is 99.4 Å². The fourth-order valence-electron chi connectivity index (χ4n) is 9.82. The number of halogens is 3. The fraction of sp³-hybridized carbons (Fsp3) is 0.879. The molecule has 0 amide bonds. The van der Waals surface area contributed by atoms with E-state index in [-0.39, 0.29) is 12.3 Å². The third kappa shape index (κ3) is 32.1. The van der Waals surface area contributed by atoms with Gasteiger partial charge in [0.2, 0.25) is 0 Å². The number of hydrogen-bond acceptors (Lipinski definition) is 10. The van der Waals surface area contributed by atoms with Gasteiger partial charge in [-0.1, -0.05) is 251 Å². The average molecular weight is 1050 g/mol. The summed E-state index contributed by atoms with van der Waals surface area (Å²) in [6.45, 7) is 4.42. The molecule has 1 aliphatic heterocycles. The Bertz CT molecular complexity index is 1420. The average Bonchev–Trinajstić information content (AvgIpc) is 3.36. The van der Waals surface area contributed by atoms with Crippen molar-refractivity contribution in [1.29, 1.82) is 0 Å². The Balaban J connectivity index is 1.73. The van der Waals surface area contributed by atoms with Crippen LogP contribution in [0.5, 0.6) is 0 Å². The number of hydrogen-bond donors (Lipinski definition) is 7. The Hall–Kier alpha value is -1.62.